The molecule has 3 aromatic carbocycles. The fraction of sp³-hybridized carbons (Fsp3) is 0.150. The minimum atomic E-state index is 0.779. The zero-order valence-corrected chi connectivity index (χ0v) is 13.4. The van der Waals surface area contributed by atoms with E-state index in [0.717, 1.165) is 28.0 Å². The Labute approximate surface area is 134 Å². The van der Waals surface area contributed by atoms with Gasteiger partial charge in [-0.2, -0.15) is 0 Å². The Kier molecular flexibility index (Phi) is 3.05. The summed E-state index contributed by atoms with van der Waals surface area (Å²) in [5.74, 6) is 0. The molecule has 1 aromatic heterocycles. The molecular formula is C20H16ClN. The van der Waals surface area contributed by atoms with Crippen molar-refractivity contribution in [3.8, 4) is 0 Å². The Hall–Kier alpha value is -2.12. The van der Waals surface area contributed by atoms with Crippen molar-refractivity contribution in [3.05, 3.63) is 64.7 Å². The summed E-state index contributed by atoms with van der Waals surface area (Å²) in [6, 6.07) is 16.9. The highest BCUT2D eigenvalue weighted by atomic mass is 35.5. The zero-order valence-electron chi connectivity index (χ0n) is 12.7. The Balaban J connectivity index is 2.31. The number of aromatic nitrogens is 1. The van der Waals surface area contributed by atoms with Gasteiger partial charge in [-0.15, -0.1) is 0 Å². The summed E-state index contributed by atoms with van der Waals surface area (Å²) in [7, 11) is 0. The van der Waals surface area contributed by atoms with Gasteiger partial charge in [-0.1, -0.05) is 61.0 Å². The summed E-state index contributed by atoms with van der Waals surface area (Å²) in [4.78, 5) is 4.99. The first-order valence-corrected chi connectivity index (χ1v) is 7.97. The first-order chi connectivity index (χ1) is 10.7. The molecular weight excluding hydrogens is 290 g/mol. The molecule has 108 valence electrons. The van der Waals surface area contributed by atoms with Crippen LogP contribution in [0.15, 0.2) is 48.5 Å². The molecule has 0 unspecified atom stereocenters. The quantitative estimate of drug-likeness (QED) is 0.307. The topological polar surface area (TPSA) is 12.9 Å². The fourth-order valence-corrected chi connectivity index (χ4v) is 3.47. The Bertz CT molecular complexity index is 1030. The number of halogens is 1. The van der Waals surface area contributed by atoms with Gasteiger partial charge in [0.2, 0.25) is 0 Å². The molecule has 1 heterocycles. The lowest BCUT2D eigenvalue weighted by Gasteiger charge is -2.13. The molecule has 0 saturated carbocycles. The molecule has 0 radical (unpaired) electrons. The van der Waals surface area contributed by atoms with Crippen molar-refractivity contribution in [2.45, 2.75) is 20.3 Å². The molecule has 4 aromatic rings. The average molecular weight is 306 g/mol. The molecule has 0 aliphatic carbocycles. The van der Waals surface area contributed by atoms with Crippen LogP contribution in [-0.4, -0.2) is 4.98 Å². The van der Waals surface area contributed by atoms with E-state index in [-0.39, 0.29) is 0 Å². The van der Waals surface area contributed by atoms with Gasteiger partial charge in [0.15, 0.2) is 0 Å². The van der Waals surface area contributed by atoms with Crippen molar-refractivity contribution in [1.29, 1.82) is 0 Å². The van der Waals surface area contributed by atoms with Crippen molar-refractivity contribution in [2.75, 3.05) is 0 Å². The van der Waals surface area contributed by atoms with Gasteiger partial charge in [-0.3, -0.25) is 0 Å². The van der Waals surface area contributed by atoms with Gasteiger partial charge in [0.25, 0.3) is 0 Å². The molecule has 0 aliphatic heterocycles. The minimum absolute atomic E-state index is 0.779. The average Bonchev–Trinajstić information content (AvgIpc) is 2.56. The number of aryl methyl sites for hydroxylation is 2. The summed E-state index contributed by atoms with van der Waals surface area (Å²) in [6.45, 7) is 4.25. The van der Waals surface area contributed by atoms with Gasteiger partial charge in [-0.05, 0) is 35.9 Å². The van der Waals surface area contributed by atoms with Crippen molar-refractivity contribution in [2.24, 2.45) is 0 Å². The van der Waals surface area contributed by atoms with Crippen LogP contribution in [-0.2, 0) is 6.42 Å². The maximum atomic E-state index is 6.31. The van der Waals surface area contributed by atoms with Crippen LogP contribution in [0.5, 0.6) is 0 Å². The number of rotatable bonds is 1. The van der Waals surface area contributed by atoms with E-state index in [1.54, 1.807) is 0 Å². The summed E-state index contributed by atoms with van der Waals surface area (Å²) < 4.78 is 0. The lowest BCUT2D eigenvalue weighted by molar-refractivity contribution is 1.17. The second-order valence-corrected chi connectivity index (χ2v) is 6.10. The van der Waals surface area contributed by atoms with E-state index >= 15 is 0 Å². The Morgan fingerprint density at radius 1 is 0.864 bits per heavy atom. The smallest absolute Gasteiger partial charge is 0.0790 e. The normalized spacial score (nSPS) is 11.6. The SMILES string of the molecule is CCc1c2ccc(Cl)c(C)c2nc2c1ccc1ccccc12. The third kappa shape index (κ3) is 1.82. The molecule has 0 spiro atoms. The third-order valence-corrected chi connectivity index (χ3v) is 4.90. The number of hydrogen-bond donors (Lipinski definition) is 0. The highest BCUT2D eigenvalue weighted by molar-refractivity contribution is 6.32. The van der Waals surface area contributed by atoms with Gasteiger partial charge >= 0.3 is 0 Å². The molecule has 22 heavy (non-hydrogen) atoms. The predicted octanol–water partition coefficient (Wildman–Crippen LogP) is 6.07. The van der Waals surface area contributed by atoms with Crippen LogP contribution in [0.3, 0.4) is 0 Å². The zero-order chi connectivity index (χ0) is 15.3. The molecule has 0 atom stereocenters. The van der Waals surface area contributed by atoms with E-state index in [4.69, 9.17) is 16.6 Å². The van der Waals surface area contributed by atoms with Crippen LogP contribution in [0.25, 0.3) is 32.6 Å². The molecule has 0 saturated heterocycles. The van der Waals surface area contributed by atoms with Crippen LogP contribution in [0.4, 0.5) is 0 Å². The van der Waals surface area contributed by atoms with Crippen LogP contribution < -0.4 is 0 Å². The monoisotopic (exact) mass is 305 g/mol. The second-order valence-electron chi connectivity index (χ2n) is 5.70. The van der Waals surface area contributed by atoms with Gasteiger partial charge in [0.1, 0.15) is 0 Å². The maximum absolute atomic E-state index is 6.31. The highest BCUT2D eigenvalue weighted by Crippen LogP contribution is 2.34. The minimum Gasteiger partial charge on any atom is -0.247 e. The first-order valence-electron chi connectivity index (χ1n) is 7.60. The second kappa shape index (κ2) is 4.96. The maximum Gasteiger partial charge on any atom is 0.0790 e. The summed E-state index contributed by atoms with van der Waals surface area (Å²) in [5, 5.41) is 5.67. The number of hydrogen-bond acceptors (Lipinski definition) is 1. The van der Waals surface area contributed by atoms with Crippen molar-refractivity contribution in [3.63, 3.8) is 0 Å². The number of pyridine rings is 1. The first kappa shape index (κ1) is 13.5. The molecule has 0 amide bonds. The van der Waals surface area contributed by atoms with E-state index < -0.39 is 0 Å². The Morgan fingerprint density at radius 3 is 2.41 bits per heavy atom. The molecule has 1 nitrogen and oxygen atoms in total. The van der Waals surface area contributed by atoms with Gasteiger partial charge in [0, 0.05) is 21.2 Å². The van der Waals surface area contributed by atoms with Gasteiger partial charge in [0.05, 0.1) is 11.0 Å². The Morgan fingerprint density at radius 2 is 1.59 bits per heavy atom. The number of nitrogens with zero attached hydrogens (tertiary/aromatic N) is 1. The van der Waals surface area contributed by atoms with Crippen molar-refractivity contribution >= 4 is 44.2 Å². The van der Waals surface area contributed by atoms with Crippen LogP contribution >= 0.6 is 11.6 Å². The lowest BCUT2D eigenvalue weighted by atomic mass is 9.96. The van der Waals surface area contributed by atoms with Crippen molar-refractivity contribution in [1.82, 2.24) is 4.98 Å². The van der Waals surface area contributed by atoms with Crippen LogP contribution in [0.2, 0.25) is 5.02 Å². The van der Waals surface area contributed by atoms with Gasteiger partial charge < -0.3 is 0 Å². The summed E-state index contributed by atoms with van der Waals surface area (Å²) >= 11 is 6.31. The largest absolute Gasteiger partial charge is 0.247 e. The standard InChI is InChI=1S/C20H16ClN/c1-3-14-16-10-11-18(21)12(2)19(16)22-20-15-7-5-4-6-13(15)8-9-17(14)20/h4-11H,3H2,1-2H3. The van der Waals surface area contributed by atoms with Gasteiger partial charge in [-0.25, -0.2) is 4.98 Å². The molecule has 4 rings (SSSR count). The van der Waals surface area contributed by atoms with E-state index in [1.165, 1.54) is 27.1 Å². The van der Waals surface area contributed by atoms with Crippen molar-refractivity contribution < 1.29 is 0 Å². The highest BCUT2D eigenvalue weighted by Gasteiger charge is 2.12. The van der Waals surface area contributed by atoms with E-state index in [2.05, 4.69) is 49.4 Å². The molecule has 0 fully saturated rings. The van der Waals surface area contributed by atoms with E-state index in [1.807, 2.05) is 13.0 Å². The third-order valence-electron chi connectivity index (χ3n) is 4.49. The van der Waals surface area contributed by atoms with Crippen LogP contribution in [0.1, 0.15) is 18.1 Å². The predicted molar refractivity (Wildman–Crippen MR) is 95.9 cm³/mol. The number of fused-ring (bicyclic) bond motifs is 4. The lowest BCUT2D eigenvalue weighted by Crippen LogP contribution is -1.94. The molecule has 0 aliphatic rings. The molecule has 0 bridgehead atoms. The molecule has 0 N–H and O–H groups in total. The van der Waals surface area contributed by atoms with E-state index in [0.29, 0.717) is 0 Å². The van der Waals surface area contributed by atoms with Crippen LogP contribution in [0, 0.1) is 6.92 Å². The fourth-order valence-electron chi connectivity index (χ4n) is 3.32. The number of benzene rings is 3. The summed E-state index contributed by atoms with van der Waals surface area (Å²) in [5.41, 5.74) is 4.51. The van der Waals surface area contributed by atoms with E-state index in [9.17, 15) is 0 Å². The molecule has 2 heteroatoms. The summed E-state index contributed by atoms with van der Waals surface area (Å²) in [6.07, 6.45) is 0.981.